The lowest BCUT2D eigenvalue weighted by Gasteiger charge is -2.09. The van der Waals surface area contributed by atoms with Crippen molar-refractivity contribution in [1.82, 2.24) is 9.55 Å². The summed E-state index contributed by atoms with van der Waals surface area (Å²) in [4.78, 5) is 27.2. The molecule has 0 aliphatic carbocycles. The zero-order chi connectivity index (χ0) is 16.8. The quantitative estimate of drug-likeness (QED) is 0.757. The number of fused-ring (bicyclic) bond motifs is 5. The first kappa shape index (κ1) is 14.2. The van der Waals surface area contributed by atoms with Crippen molar-refractivity contribution in [2.75, 3.05) is 0 Å². The predicted molar refractivity (Wildman–Crippen MR) is 87.7 cm³/mol. The number of hydrogen-bond acceptors (Lipinski definition) is 3. The van der Waals surface area contributed by atoms with Crippen LogP contribution in [0.4, 0.5) is 0 Å². The largest absolute Gasteiger partial charge is 0.478 e. The van der Waals surface area contributed by atoms with Gasteiger partial charge in [-0.15, -0.1) is 0 Å². The zero-order valence-corrected chi connectivity index (χ0v) is 12.4. The van der Waals surface area contributed by atoms with E-state index in [9.17, 15) is 19.8 Å². The number of carboxylic acid groups (broad SMARTS) is 2. The van der Waals surface area contributed by atoms with E-state index >= 15 is 0 Å². The molecule has 3 heterocycles. The highest BCUT2D eigenvalue weighted by atomic mass is 16.4. The zero-order valence-electron chi connectivity index (χ0n) is 12.4. The molecule has 0 bridgehead atoms. The minimum absolute atomic E-state index is 0.146. The average Bonchev–Trinajstić information content (AvgIpc) is 2.83. The van der Waals surface area contributed by atoms with Gasteiger partial charge in [-0.05, 0) is 30.3 Å². The maximum atomic E-state index is 11.6. The minimum atomic E-state index is -1.02. The van der Waals surface area contributed by atoms with Crippen molar-refractivity contribution >= 4 is 28.9 Å². The van der Waals surface area contributed by atoms with E-state index in [1.807, 2.05) is 12.1 Å². The average molecular weight is 320 g/mol. The third kappa shape index (κ3) is 2.08. The Labute approximate surface area is 136 Å². The van der Waals surface area contributed by atoms with Gasteiger partial charge in [0.2, 0.25) is 0 Å². The minimum Gasteiger partial charge on any atom is -0.478 e. The number of pyridine rings is 1. The molecule has 0 saturated carbocycles. The fraction of sp³-hybridized carbons (Fsp3) is 0.0556. The lowest BCUT2D eigenvalue weighted by atomic mass is 10.1. The number of aromatic nitrogens is 2. The van der Waals surface area contributed by atoms with Crippen LogP contribution in [0.5, 0.6) is 0 Å². The van der Waals surface area contributed by atoms with Crippen LogP contribution in [0.3, 0.4) is 0 Å². The molecule has 0 unspecified atom stereocenters. The molecule has 2 N–H and O–H groups in total. The van der Waals surface area contributed by atoms with Crippen LogP contribution in [0.1, 0.15) is 15.9 Å². The Morgan fingerprint density at radius 3 is 2.67 bits per heavy atom. The van der Waals surface area contributed by atoms with E-state index in [0.717, 1.165) is 16.6 Å². The number of hydrogen-bond donors (Lipinski definition) is 2. The molecule has 1 aromatic carbocycles. The lowest BCUT2D eigenvalue weighted by molar-refractivity contribution is -0.132. The smallest absolute Gasteiger partial charge is 0.335 e. The van der Waals surface area contributed by atoms with E-state index in [4.69, 9.17) is 0 Å². The molecule has 6 nitrogen and oxygen atoms in total. The second kappa shape index (κ2) is 5.06. The third-order valence-electron chi connectivity index (χ3n) is 4.17. The maximum Gasteiger partial charge on any atom is 0.335 e. The number of aromatic carboxylic acids is 1. The van der Waals surface area contributed by atoms with Crippen molar-refractivity contribution in [3.63, 3.8) is 0 Å². The summed E-state index contributed by atoms with van der Waals surface area (Å²) < 4.78 is 1.81. The molecule has 0 fully saturated rings. The summed E-state index contributed by atoms with van der Waals surface area (Å²) in [5.41, 5.74) is 3.25. The maximum absolute atomic E-state index is 11.6. The van der Waals surface area contributed by atoms with Crippen molar-refractivity contribution in [3.05, 3.63) is 59.3 Å². The first-order valence-electron chi connectivity index (χ1n) is 7.30. The monoisotopic (exact) mass is 320 g/mol. The first-order valence-corrected chi connectivity index (χ1v) is 7.30. The van der Waals surface area contributed by atoms with Crippen molar-refractivity contribution in [2.24, 2.45) is 0 Å². The van der Waals surface area contributed by atoms with Gasteiger partial charge >= 0.3 is 11.9 Å². The molecule has 24 heavy (non-hydrogen) atoms. The van der Waals surface area contributed by atoms with E-state index < -0.39 is 11.9 Å². The Bertz CT molecular complexity index is 1050. The molecule has 4 rings (SSSR count). The number of rotatable bonds is 2. The second-order valence-corrected chi connectivity index (χ2v) is 5.61. The molecule has 118 valence electrons. The van der Waals surface area contributed by atoms with Gasteiger partial charge in [-0.1, -0.05) is 12.1 Å². The van der Waals surface area contributed by atoms with Crippen molar-refractivity contribution < 1.29 is 19.8 Å². The fourth-order valence-electron chi connectivity index (χ4n) is 3.04. The van der Waals surface area contributed by atoms with E-state index in [2.05, 4.69) is 4.98 Å². The Morgan fingerprint density at radius 1 is 1.08 bits per heavy atom. The molecule has 2 aromatic heterocycles. The molecule has 0 spiro atoms. The molecule has 1 aliphatic heterocycles. The topological polar surface area (TPSA) is 92.4 Å². The molecule has 0 radical (unpaired) electrons. The van der Waals surface area contributed by atoms with Gasteiger partial charge in [-0.25, -0.2) is 9.59 Å². The highest BCUT2D eigenvalue weighted by Crippen LogP contribution is 2.34. The predicted octanol–water partition coefficient (Wildman–Crippen LogP) is 2.88. The standard InChI is InChI=1S/C18H12N2O4/c21-17(22)12-4-3-10-7-15-16-11(2-1-5-19-16)6-13(18(23)24)9-20(15)14(10)8-12/h1-8H,9H2,(H,21,22)(H,23,24). The van der Waals surface area contributed by atoms with Crippen LogP contribution in [-0.2, 0) is 11.3 Å². The van der Waals surface area contributed by atoms with Crippen LogP contribution in [0, 0.1) is 0 Å². The number of carbonyl (C=O) groups is 2. The Kier molecular flexibility index (Phi) is 2.99. The normalized spacial score (nSPS) is 12.9. The van der Waals surface area contributed by atoms with E-state index in [1.54, 1.807) is 35.0 Å². The molecule has 0 saturated heterocycles. The summed E-state index contributed by atoms with van der Waals surface area (Å²) in [6.45, 7) is 0.146. The number of nitrogens with zero attached hydrogens (tertiary/aromatic N) is 2. The van der Waals surface area contributed by atoms with Crippen LogP contribution >= 0.6 is 0 Å². The van der Waals surface area contributed by atoms with Gasteiger partial charge in [-0.3, -0.25) is 4.98 Å². The lowest BCUT2D eigenvalue weighted by Crippen LogP contribution is -2.09. The Balaban J connectivity index is 2.06. The van der Waals surface area contributed by atoms with Crippen LogP contribution in [0.2, 0.25) is 0 Å². The number of carboxylic acids is 2. The van der Waals surface area contributed by atoms with Crippen molar-refractivity contribution in [1.29, 1.82) is 0 Å². The summed E-state index contributed by atoms with van der Waals surface area (Å²) in [6.07, 6.45) is 3.27. The Hall–Kier alpha value is -3.41. The SMILES string of the molecule is O=C(O)C1=Cc2cccnc2-c2cc3ccc(C(=O)O)cc3n2C1. The van der Waals surface area contributed by atoms with Crippen LogP contribution in [0.25, 0.3) is 28.4 Å². The summed E-state index contributed by atoms with van der Waals surface area (Å²) in [5.74, 6) is -2.03. The first-order chi connectivity index (χ1) is 11.5. The third-order valence-corrected chi connectivity index (χ3v) is 4.17. The van der Waals surface area contributed by atoms with Gasteiger partial charge in [0.1, 0.15) is 0 Å². The van der Waals surface area contributed by atoms with Gasteiger partial charge in [-0.2, -0.15) is 0 Å². The number of aliphatic carboxylic acids is 1. The van der Waals surface area contributed by atoms with Gasteiger partial charge in [0.25, 0.3) is 0 Å². The van der Waals surface area contributed by atoms with Gasteiger partial charge in [0, 0.05) is 22.7 Å². The molecule has 1 aliphatic rings. The van der Waals surface area contributed by atoms with Crippen molar-refractivity contribution in [3.8, 4) is 11.4 Å². The Morgan fingerprint density at radius 2 is 1.92 bits per heavy atom. The highest BCUT2D eigenvalue weighted by molar-refractivity contribution is 5.98. The fourth-order valence-corrected chi connectivity index (χ4v) is 3.04. The number of benzene rings is 1. The van der Waals surface area contributed by atoms with E-state index in [-0.39, 0.29) is 17.7 Å². The molecule has 6 heteroatoms. The van der Waals surface area contributed by atoms with Crippen LogP contribution < -0.4 is 0 Å². The molecular formula is C18H12N2O4. The van der Waals surface area contributed by atoms with E-state index in [1.165, 1.54) is 6.07 Å². The summed E-state index contributed by atoms with van der Waals surface area (Å²) in [7, 11) is 0. The summed E-state index contributed by atoms with van der Waals surface area (Å²) in [6, 6.07) is 10.3. The van der Waals surface area contributed by atoms with Gasteiger partial charge in [0.15, 0.2) is 0 Å². The summed E-state index contributed by atoms with van der Waals surface area (Å²) in [5, 5.41) is 19.5. The van der Waals surface area contributed by atoms with Gasteiger partial charge < -0.3 is 14.8 Å². The molecule has 0 amide bonds. The second-order valence-electron chi connectivity index (χ2n) is 5.61. The molecule has 3 aromatic rings. The van der Waals surface area contributed by atoms with Crippen molar-refractivity contribution in [2.45, 2.75) is 6.54 Å². The summed E-state index contributed by atoms with van der Waals surface area (Å²) >= 11 is 0. The highest BCUT2D eigenvalue weighted by Gasteiger charge is 2.22. The van der Waals surface area contributed by atoms with Crippen LogP contribution in [0.15, 0.2) is 48.2 Å². The van der Waals surface area contributed by atoms with E-state index in [0.29, 0.717) is 11.2 Å². The molecular weight excluding hydrogens is 308 g/mol. The van der Waals surface area contributed by atoms with Crippen LogP contribution in [-0.4, -0.2) is 31.7 Å². The molecule has 0 atom stereocenters. The van der Waals surface area contributed by atoms with Gasteiger partial charge in [0.05, 0.1) is 29.1 Å².